The van der Waals surface area contributed by atoms with E-state index in [2.05, 4.69) is 10.6 Å². The molecule has 3 N–H and O–H groups in total. The molecule has 4 rings (SSSR count). The minimum absolute atomic E-state index is 0.00761. The van der Waals surface area contributed by atoms with Crippen LogP contribution in [0, 0.1) is 0 Å². The molecular formula is C22H21N3O5S2. The fraction of sp³-hybridized carbons (Fsp3) is 0.182. The van der Waals surface area contributed by atoms with Crippen LogP contribution in [0.25, 0.3) is 0 Å². The molecule has 1 saturated heterocycles. The molecule has 1 aromatic heterocycles. The Labute approximate surface area is 189 Å². The van der Waals surface area contributed by atoms with Gasteiger partial charge >= 0.3 is 0 Å². The number of anilines is 2. The fourth-order valence-corrected chi connectivity index (χ4v) is 5.59. The highest BCUT2D eigenvalue weighted by Crippen LogP contribution is 2.30. The van der Waals surface area contributed by atoms with E-state index in [1.807, 2.05) is 0 Å². The van der Waals surface area contributed by atoms with E-state index in [4.69, 9.17) is 0 Å². The van der Waals surface area contributed by atoms with Gasteiger partial charge in [-0.1, -0.05) is 18.2 Å². The zero-order valence-electron chi connectivity index (χ0n) is 16.9. The first-order chi connectivity index (χ1) is 15.4. The molecule has 166 valence electrons. The SMILES string of the molecule is O=C(Nc1ccccc1C(=O)Nc1cc(S(=O)(=O)N2CCCC2)ccc1O)c1cccs1. The van der Waals surface area contributed by atoms with Gasteiger partial charge in [0.25, 0.3) is 11.8 Å². The number of benzene rings is 2. The molecule has 32 heavy (non-hydrogen) atoms. The first kappa shape index (κ1) is 22.0. The molecule has 10 heteroatoms. The van der Waals surface area contributed by atoms with Crippen LogP contribution in [0.5, 0.6) is 5.75 Å². The molecule has 0 unspecified atom stereocenters. The van der Waals surface area contributed by atoms with Crippen molar-refractivity contribution in [2.75, 3.05) is 23.7 Å². The Morgan fingerprint density at radius 2 is 1.62 bits per heavy atom. The van der Waals surface area contributed by atoms with E-state index in [0.717, 1.165) is 12.8 Å². The molecule has 2 heterocycles. The van der Waals surface area contributed by atoms with Crippen molar-refractivity contribution in [1.82, 2.24) is 4.31 Å². The van der Waals surface area contributed by atoms with Crippen molar-refractivity contribution in [3.05, 3.63) is 70.4 Å². The lowest BCUT2D eigenvalue weighted by atomic mass is 10.1. The lowest BCUT2D eigenvalue weighted by Gasteiger charge is -2.17. The predicted molar refractivity (Wildman–Crippen MR) is 123 cm³/mol. The van der Waals surface area contributed by atoms with Crippen molar-refractivity contribution in [3.8, 4) is 5.75 Å². The van der Waals surface area contributed by atoms with Gasteiger partial charge in [0.05, 0.1) is 26.7 Å². The van der Waals surface area contributed by atoms with Gasteiger partial charge in [-0.25, -0.2) is 8.42 Å². The third kappa shape index (κ3) is 4.52. The highest BCUT2D eigenvalue weighted by Gasteiger charge is 2.28. The van der Waals surface area contributed by atoms with Crippen LogP contribution in [-0.2, 0) is 10.0 Å². The van der Waals surface area contributed by atoms with Gasteiger partial charge in [0, 0.05) is 13.1 Å². The summed E-state index contributed by atoms with van der Waals surface area (Å²) in [4.78, 5) is 25.8. The summed E-state index contributed by atoms with van der Waals surface area (Å²) in [5.74, 6) is -1.21. The summed E-state index contributed by atoms with van der Waals surface area (Å²) in [6, 6.07) is 13.7. The fourth-order valence-electron chi connectivity index (χ4n) is 3.42. The van der Waals surface area contributed by atoms with E-state index in [9.17, 15) is 23.1 Å². The number of hydrogen-bond acceptors (Lipinski definition) is 6. The van der Waals surface area contributed by atoms with Gasteiger partial charge in [-0.05, 0) is 54.6 Å². The molecule has 0 saturated carbocycles. The van der Waals surface area contributed by atoms with E-state index in [-0.39, 0.29) is 27.8 Å². The van der Waals surface area contributed by atoms with Crippen LogP contribution in [0.3, 0.4) is 0 Å². The summed E-state index contributed by atoms with van der Waals surface area (Å²) in [6.45, 7) is 0.893. The number of amides is 2. The lowest BCUT2D eigenvalue weighted by molar-refractivity contribution is 0.102. The zero-order chi connectivity index (χ0) is 22.7. The van der Waals surface area contributed by atoms with Crippen molar-refractivity contribution in [2.24, 2.45) is 0 Å². The molecule has 0 aliphatic carbocycles. The zero-order valence-corrected chi connectivity index (χ0v) is 18.6. The maximum Gasteiger partial charge on any atom is 0.265 e. The smallest absolute Gasteiger partial charge is 0.265 e. The van der Waals surface area contributed by atoms with Crippen LogP contribution >= 0.6 is 11.3 Å². The molecule has 8 nitrogen and oxygen atoms in total. The van der Waals surface area contributed by atoms with Crippen LogP contribution in [0.15, 0.2) is 64.9 Å². The number of phenols is 1. The van der Waals surface area contributed by atoms with E-state index < -0.39 is 15.9 Å². The standard InChI is InChI=1S/C22H21N3O5S2/c26-19-10-9-15(32(29,30)25-11-3-4-12-25)14-18(19)24-21(27)16-6-1-2-7-17(16)23-22(28)20-8-5-13-31-20/h1-2,5-10,13-14,26H,3-4,11-12H2,(H,23,28)(H,24,27). The van der Waals surface area contributed by atoms with Crippen molar-refractivity contribution < 1.29 is 23.1 Å². The summed E-state index contributed by atoms with van der Waals surface area (Å²) in [7, 11) is -3.71. The normalized spacial score (nSPS) is 14.2. The van der Waals surface area contributed by atoms with Crippen molar-refractivity contribution in [1.29, 1.82) is 0 Å². The molecule has 2 amide bonds. The monoisotopic (exact) mass is 471 g/mol. The number of aromatic hydroxyl groups is 1. The van der Waals surface area contributed by atoms with E-state index >= 15 is 0 Å². The van der Waals surface area contributed by atoms with Crippen LogP contribution in [0.2, 0.25) is 0 Å². The minimum atomic E-state index is -3.71. The Kier molecular flexibility index (Phi) is 6.26. The third-order valence-electron chi connectivity index (χ3n) is 5.08. The third-order valence-corrected chi connectivity index (χ3v) is 7.85. The van der Waals surface area contributed by atoms with Crippen LogP contribution in [0.4, 0.5) is 11.4 Å². The average molecular weight is 472 g/mol. The van der Waals surface area contributed by atoms with Crippen molar-refractivity contribution >= 4 is 44.5 Å². The van der Waals surface area contributed by atoms with Crippen LogP contribution in [0.1, 0.15) is 32.9 Å². The predicted octanol–water partition coefficient (Wildman–Crippen LogP) is 3.74. The molecule has 0 atom stereocenters. The quantitative estimate of drug-likeness (QED) is 0.474. The van der Waals surface area contributed by atoms with Gasteiger partial charge < -0.3 is 15.7 Å². The van der Waals surface area contributed by atoms with Gasteiger partial charge in [-0.2, -0.15) is 4.31 Å². The molecule has 0 radical (unpaired) electrons. The van der Waals surface area contributed by atoms with E-state index in [1.165, 1.54) is 39.9 Å². The van der Waals surface area contributed by atoms with Gasteiger partial charge in [-0.3, -0.25) is 9.59 Å². The van der Waals surface area contributed by atoms with Crippen LogP contribution in [-0.4, -0.2) is 42.7 Å². The Morgan fingerprint density at radius 1 is 0.906 bits per heavy atom. The van der Waals surface area contributed by atoms with Crippen molar-refractivity contribution in [2.45, 2.75) is 17.7 Å². The topological polar surface area (TPSA) is 116 Å². The largest absolute Gasteiger partial charge is 0.506 e. The number of nitrogens with one attached hydrogen (secondary N) is 2. The van der Waals surface area contributed by atoms with Gasteiger partial charge in [-0.15, -0.1) is 11.3 Å². The van der Waals surface area contributed by atoms with E-state index in [0.29, 0.717) is 23.7 Å². The Morgan fingerprint density at radius 3 is 2.34 bits per heavy atom. The Hall–Kier alpha value is -3.21. The molecule has 0 spiro atoms. The number of thiophene rings is 1. The summed E-state index contributed by atoms with van der Waals surface area (Å²) >= 11 is 1.28. The van der Waals surface area contributed by atoms with E-state index in [1.54, 1.807) is 35.7 Å². The molecule has 1 aliphatic heterocycles. The summed E-state index contributed by atoms with van der Waals surface area (Å²) in [5.41, 5.74) is 0.433. The molecule has 1 fully saturated rings. The maximum absolute atomic E-state index is 12.9. The maximum atomic E-state index is 12.9. The van der Waals surface area contributed by atoms with Gasteiger partial charge in [0.2, 0.25) is 10.0 Å². The minimum Gasteiger partial charge on any atom is -0.506 e. The molecule has 1 aliphatic rings. The van der Waals surface area contributed by atoms with Gasteiger partial charge in [0.1, 0.15) is 5.75 Å². The van der Waals surface area contributed by atoms with Crippen LogP contribution < -0.4 is 10.6 Å². The Balaban J connectivity index is 1.58. The second kappa shape index (κ2) is 9.11. The Bertz CT molecular complexity index is 1250. The highest BCUT2D eigenvalue weighted by molar-refractivity contribution is 7.89. The molecule has 3 aromatic rings. The number of sulfonamides is 1. The van der Waals surface area contributed by atoms with Crippen molar-refractivity contribution in [3.63, 3.8) is 0 Å². The van der Waals surface area contributed by atoms with Gasteiger partial charge in [0.15, 0.2) is 0 Å². The number of phenolic OH excluding ortho intramolecular Hbond substituents is 1. The number of rotatable bonds is 6. The number of carbonyl (C=O) groups is 2. The molecular weight excluding hydrogens is 450 g/mol. The highest BCUT2D eigenvalue weighted by atomic mass is 32.2. The lowest BCUT2D eigenvalue weighted by Crippen LogP contribution is -2.28. The average Bonchev–Trinajstić information content (AvgIpc) is 3.50. The molecule has 0 bridgehead atoms. The number of hydrogen-bond donors (Lipinski definition) is 3. The first-order valence-corrected chi connectivity index (χ1v) is 12.3. The summed E-state index contributed by atoms with van der Waals surface area (Å²) in [5, 5.41) is 17.3. The second-order valence-corrected chi connectivity index (χ2v) is 10.1. The first-order valence-electron chi connectivity index (χ1n) is 9.94. The molecule has 2 aromatic carbocycles. The summed E-state index contributed by atoms with van der Waals surface area (Å²) in [6.07, 6.45) is 1.60. The number of nitrogens with zero attached hydrogens (tertiary/aromatic N) is 1. The second-order valence-electron chi connectivity index (χ2n) is 7.22. The summed E-state index contributed by atoms with van der Waals surface area (Å²) < 4.78 is 27.0. The number of carbonyl (C=O) groups excluding carboxylic acids is 2. The number of para-hydroxylation sites is 1.